The highest BCUT2D eigenvalue weighted by Crippen LogP contribution is 2.22. The van der Waals surface area contributed by atoms with Gasteiger partial charge in [0.2, 0.25) is 0 Å². The first-order valence-electron chi connectivity index (χ1n) is 7.13. The minimum Gasteiger partial charge on any atom is -0.467 e. The van der Waals surface area contributed by atoms with Gasteiger partial charge in [-0.3, -0.25) is 4.99 Å². The van der Waals surface area contributed by atoms with E-state index in [1.807, 2.05) is 19.2 Å². The molecule has 2 aromatic rings. The number of nitrogens with zero attached hydrogens (tertiary/aromatic N) is 3. The molecule has 5 nitrogen and oxygen atoms in total. The molecular formula is C15H21IN4OS. The van der Waals surface area contributed by atoms with Crippen molar-refractivity contribution < 1.29 is 4.42 Å². The van der Waals surface area contributed by atoms with Gasteiger partial charge in [0.1, 0.15) is 5.76 Å². The third-order valence-electron chi connectivity index (χ3n) is 3.61. The van der Waals surface area contributed by atoms with Crippen molar-refractivity contribution in [3.8, 4) is 0 Å². The van der Waals surface area contributed by atoms with E-state index < -0.39 is 0 Å². The van der Waals surface area contributed by atoms with E-state index in [9.17, 15) is 0 Å². The fourth-order valence-corrected chi connectivity index (χ4v) is 3.29. The lowest BCUT2D eigenvalue weighted by Crippen LogP contribution is -2.52. The molecule has 0 aliphatic carbocycles. The Morgan fingerprint density at radius 3 is 2.68 bits per heavy atom. The van der Waals surface area contributed by atoms with Crippen molar-refractivity contribution in [1.82, 2.24) is 10.2 Å². The van der Waals surface area contributed by atoms with Crippen LogP contribution in [-0.2, 0) is 6.54 Å². The van der Waals surface area contributed by atoms with Gasteiger partial charge in [-0.15, -0.1) is 35.3 Å². The van der Waals surface area contributed by atoms with Crippen molar-refractivity contribution in [2.24, 2.45) is 4.99 Å². The standard InChI is InChI=1S/C15H20N4OS.HI/c1-16-15(17-12-13-4-2-10-20-13)19-8-6-18(7-9-19)14-5-3-11-21-14;/h2-5,10-11H,6-9,12H2,1H3,(H,16,17);1H. The van der Waals surface area contributed by atoms with E-state index in [4.69, 9.17) is 4.42 Å². The van der Waals surface area contributed by atoms with E-state index in [1.54, 1.807) is 17.6 Å². The molecule has 0 aromatic carbocycles. The quantitative estimate of drug-likeness (QED) is 0.461. The Bertz CT molecular complexity index is 562. The molecule has 2 aromatic heterocycles. The molecule has 0 spiro atoms. The van der Waals surface area contributed by atoms with Gasteiger partial charge in [0.25, 0.3) is 0 Å². The SMILES string of the molecule is CN=C(NCc1ccco1)N1CCN(c2cccs2)CC1.I. The smallest absolute Gasteiger partial charge is 0.194 e. The maximum atomic E-state index is 5.34. The van der Waals surface area contributed by atoms with Gasteiger partial charge in [-0.2, -0.15) is 0 Å². The lowest BCUT2D eigenvalue weighted by molar-refractivity contribution is 0.370. The molecule has 22 heavy (non-hydrogen) atoms. The van der Waals surface area contributed by atoms with Crippen LogP contribution in [0.25, 0.3) is 0 Å². The Morgan fingerprint density at radius 2 is 2.09 bits per heavy atom. The number of halogens is 1. The average molecular weight is 432 g/mol. The van der Waals surface area contributed by atoms with Gasteiger partial charge >= 0.3 is 0 Å². The van der Waals surface area contributed by atoms with Crippen LogP contribution in [0.2, 0.25) is 0 Å². The third kappa shape index (κ3) is 4.16. The van der Waals surface area contributed by atoms with E-state index in [1.165, 1.54) is 5.00 Å². The second-order valence-electron chi connectivity index (χ2n) is 4.91. The molecule has 1 N–H and O–H groups in total. The molecule has 1 aliphatic heterocycles. The summed E-state index contributed by atoms with van der Waals surface area (Å²) < 4.78 is 5.34. The highest BCUT2D eigenvalue weighted by atomic mass is 127. The minimum absolute atomic E-state index is 0. The molecule has 0 unspecified atom stereocenters. The topological polar surface area (TPSA) is 44.0 Å². The van der Waals surface area contributed by atoms with E-state index in [2.05, 4.69) is 37.6 Å². The Labute approximate surface area is 152 Å². The van der Waals surface area contributed by atoms with Crippen molar-refractivity contribution in [3.05, 3.63) is 41.7 Å². The van der Waals surface area contributed by atoms with E-state index in [0.29, 0.717) is 6.54 Å². The molecular weight excluding hydrogens is 411 g/mol. The number of piperazine rings is 1. The molecule has 1 fully saturated rings. The zero-order valence-electron chi connectivity index (χ0n) is 12.6. The maximum absolute atomic E-state index is 5.34. The molecule has 0 radical (unpaired) electrons. The number of anilines is 1. The number of hydrogen-bond acceptors (Lipinski definition) is 4. The molecule has 7 heteroatoms. The number of guanidine groups is 1. The molecule has 0 bridgehead atoms. The maximum Gasteiger partial charge on any atom is 0.194 e. The van der Waals surface area contributed by atoms with Gasteiger partial charge in [0, 0.05) is 33.2 Å². The summed E-state index contributed by atoms with van der Waals surface area (Å²) in [6.45, 7) is 4.69. The summed E-state index contributed by atoms with van der Waals surface area (Å²) in [5.74, 6) is 1.87. The molecule has 3 heterocycles. The summed E-state index contributed by atoms with van der Waals surface area (Å²) in [4.78, 5) is 9.10. The van der Waals surface area contributed by atoms with Gasteiger partial charge in [0.15, 0.2) is 5.96 Å². The van der Waals surface area contributed by atoms with Crippen LogP contribution in [0.4, 0.5) is 5.00 Å². The van der Waals surface area contributed by atoms with Gasteiger partial charge in [0.05, 0.1) is 17.8 Å². The first kappa shape index (κ1) is 17.1. The summed E-state index contributed by atoms with van der Waals surface area (Å²) in [7, 11) is 1.83. The molecule has 0 saturated carbocycles. The second kappa shape index (κ2) is 8.42. The highest BCUT2D eigenvalue weighted by molar-refractivity contribution is 14.0. The molecule has 120 valence electrons. The van der Waals surface area contributed by atoms with Crippen molar-refractivity contribution in [1.29, 1.82) is 0 Å². The number of aliphatic imine (C=N–C) groups is 1. The monoisotopic (exact) mass is 432 g/mol. The van der Waals surface area contributed by atoms with Crippen molar-refractivity contribution >= 4 is 46.3 Å². The van der Waals surface area contributed by atoms with Crippen molar-refractivity contribution in [2.75, 3.05) is 38.1 Å². The predicted octanol–water partition coefficient (Wildman–Crippen LogP) is 2.86. The summed E-state index contributed by atoms with van der Waals surface area (Å²) in [6, 6.07) is 8.16. The fourth-order valence-electron chi connectivity index (χ4n) is 2.50. The highest BCUT2D eigenvalue weighted by Gasteiger charge is 2.20. The van der Waals surface area contributed by atoms with Crippen LogP contribution < -0.4 is 10.2 Å². The predicted molar refractivity (Wildman–Crippen MR) is 102 cm³/mol. The van der Waals surface area contributed by atoms with Crippen molar-refractivity contribution in [2.45, 2.75) is 6.54 Å². The lowest BCUT2D eigenvalue weighted by atomic mass is 10.3. The Balaban J connectivity index is 0.00000176. The number of furan rings is 1. The van der Waals surface area contributed by atoms with E-state index >= 15 is 0 Å². The first-order valence-corrected chi connectivity index (χ1v) is 8.01. The fraction of sp³-hybridized carbons (Fsp3) is 0.400. The van der Waals surface area contributed by atoms with Crippen LogP contribution >= 0.6 is 35.3 Å². The number of hydrogen-bond donors (Lipinski definition) is 1. The number of nitrogens with one attached hydrogen (secondary N) is 1. The van der Waals surface area contributed by atoms with E-state index in [-0.39, 0.29) is 24.0 Å². The van der Waals surface area contributed by atoms with Gasteiger partial charge in [-0.25, -0.2) is 0 Å². The largest absolute Gasteiger partial charge is 0.467 e. The molecule has 0 amide bonds. The summed E-state index contributed by atoms with van der Waals surface area (Å²) in [6.07, 6.45) is 1.69. The minimum atomic E-state index is 0. The summed E-state index contributed by atoms with van der Waals surface area (Å²) >= 11 is 1.80. The number of thiophene rings is 1. The third-order valence-corrected chi connectivity index (χ3v) is 4.54. The van der Waals surface area contributed by atoms with Crippen LogP contribution in [0.15, 0.2) is 45.3 Å². The van der Waals surface area contributed by atoms with Crippen LogP contribution in [0.5, 0.6) is 0 Å². The van der Waals surface area contributed by atoms with Gasteiger partial charge in [-0.05, 0) is 29.6 Å². The van der Waals surface area contributed by atoms with Crippen LogP contribution in [0.1, 0.15) is 5.76 Å². The summed E-state index contributed by atoms with van der Waals surface area (Å²) in [5.41, 5.74) is 0. The second-order valence-corrected chi connectivity index (χ2v) is 5.83. The van der Waals surface area contributed by atoms with Gasteiger partial charge in [-0.1, -0.05) is 0 Å². The first-order chi connectivity index (χ1) is 10.4. The Kier molecular flexibility index (Phi) is 6.56. The van der Waals surface area contributed by atoms with Crippen LogP contribution in [0, 0.1) is 0 Å². The molecule has 1 saturated heterocycles. The lowest BCUT2D eigenvalue weighted by Gasteiger charge is -2.36. The molecule has 3 rings (SSSR count). The van der Waals surface area contributed by atoms with Gasteiger partial charge < -0.3 is 19.5 Å². The molecule has 0 atom stereocenters. The van der Waals surface area contributed by atoms with E-state index in [0.717, 1.165) is 37.9 Å². The van der Waals surface area contributed by atoms with Crippen LogP contribution in [-0.4, -0.2) is 44.1 Å². The zero-order valence-corrected chi connectivity index (χ0v) is 15.7. The normalized spacial score (nSPS) is 15.6. The average Bonchev–Trinajstić information content (AvgIpc) is 3.22. The number of rotatable bonds is 3. The molecule has 1 aliphatic rings. The zero-order chi connectivity index (χ0) is 14.5. The summed E-state index contributed by atoms with van der Waals surface area (Å²) in [5, 5.41) is 6.84. The van der Waals surface area contributed by atoms with Crippen LogP contribution in [0.3, 0.4) is 0 Å². The van der Waals surface area contributed by atoms with Crippen molar-refractivity contribution in [3.63, 3.8) is 0 Å². The Morgan fingerprint density at radius 1 is 1.27 bits per heavy atom. The Hall–Kier alpha value is -1.22.